The van der Waals surface area contributed by atoms with Gasteiger partial charge in [-0.3, -0.25) is 0 Å². The van der Waals surface area contributed by atoms with E-state index in [9.17, 15) is 0 Å². The maximum absolute atomic E-state index is 5.44. The minimum Gasteiger partial charge on any atom is -0.454 e. The van der Waals surface area contributed by atoms with Crippen LogP contribution in [0.5, 0.6) is 11.5 Å². The van der Waals surface area contributed by atoms with E-state index in [0.717, 1.165) is 42.9 Å². The first-order valence-electron chi connectivity index (χ1n) is 7.45. The molecule has 1 aliphatic heterocycles. The molecule has 7 heteroatoms. The number of hydrogen-bond donors (Lipinski definition) is 3. The fourth-order valence-electron chi connectivity index (χ4n) is 2.03. The molecule has 0 radical (unpaired) electrons. The molecule has 1 aromatic carbocycles. The monoisotopic (exact) mass is 305 g/mol. The largest absolute Gasteiger partial charge is 0.454 e. The summed E-state index contributed by atoms with van der Waals surface area (Å²) >= 11 is 0. The fourth-order valence-corrected chi connectivity index (χ4v) is 2.03. The molecule has 0 aliphatic carbocycles. The van der Waals surface area contributed by atoms with Gasteiger partial charge in [-0.1, -0.05) is 25.8 Å². The lowest BCUT2D eigenvalue weighted by Gasteiger charge is -2.06. The van der Waals surface area contributed by atoms with Gasteiger partial charge in [0.15, 0.2) is 17.5 Å². The van der Waals surface area contributed by atoms with Crippen LogP contribution in [0.15, 0.2) is 28.2 Å². The molecule has 0 saturated carbocycles. The van der Waals surface area contributed by atoms with Crippen molar-refractivity contribution in [1.29, 1.82) is 0 Å². The zero-order valence-corrected chi connectivity index (χ0v) is 12.8. The number of nitrogens with zero attached hydrogens (tertiary/aromatic N) is 2. The van der Waals surface area contributed by atoms with Gasteiger partial charge in [-0.15, -0.1) is 0 Å². The quantitative estimate of drug-likeness (QED) is 0.417. The maximum atomic E-state index is 5.44. The van der Waals surface area contributed by atoms with E-state index in [1.807, 2.05) is 18.2 Å². The summed E-state index contributed by atoms with van der Waals surface area (Å²) in [5.41, 5.74) is 11.9. The lowest BCUT2D eigenvalue weighted by Crippen LogP contribution is -2.30. The van der Waals surface area contributed by atoms with Gasteiger partial charge in [0.1, 0.15) is 0 Å². The summed E-state index contributed by atoms with van der Waals surface area (Å²) in [6.45, 7) is 3.68. The van der Waals surface area contributed by atoms with Crippen molar-refractivity contribution in [3.8, 4) is 11.5 Å². The Kier molecular flexibility index (Phi) is 5.88. The molecule has 5 N–H and O–H groups in total. The lowest BCUT2D eigenvalue weighted by molar-refractivity contribution is 0.174. The van der Waals surface area contributed by atoms with Crippen molar-refractivity contribution < 1.29 is 9.47 Å². The van der Waals surface area contributed by atoms with Gasteiger partial charge in [-0.05, 0) is 24.1 Å². The molecule has 120 valence electrons. The first kappa shape index (κ1) is 15.9. The Morgan fingerprint density at radius 1 is 1.23 bits per heavy atom. The molecule has 0 fully saturated rings. The highest BCUT2D eigenvalue weighted by molar-refractivity contribution is 5.93. The number of ether oxygens (including phenoxy) is 2. The lowest BCUT2D eigenvalue weighted by atomic mass is 10.2. The Hall–Kier alpha value is -2.44. The van der Waals surface area contributed by atoms with Crippen molar-refractivity contribution >= 4 is 11.9 Å². The predicted octanol–water partition coefficient (Wildman–Crippen LogP) is 1.32. The Bertz CT molecular complexity index is 553. The molecule has 22 heavy (non-hydrogen) atoms. The number of hydrogen-bond acceptors (Lipinski definition) is 3. The molecule has 0 atom stereocenters. The van der Waals surface area contributed by atoms with Gasteiger partial charge in [0, 0.05) is 6.54 Å². The summed E-state index contributed by atoms with van der Waals surface area (Å²) in [6.07, 6.45) is 3.37. The second-order valence-corrected chi connectivity index (χ2v) is 5.00. The number of unbranched alkanes of at least 4 members (excludes halogenated alkanes) is 2. The van der Waals surface area contributed by atoms with Crippen LogP contribution in [0.2, 0.25) is 0 Å². The van der Waals surface area contributed by atoms with Gasteiger partial charge in [0.2, 0.25) is 12.8 Å². The third kappa shape index (κ3) is 4.83. The highest BCUT2D eigenvalue weighted by atomic mass is 16.7. The van der Waals surface area contributed by atoms with Crippen LogP contribution < -0.4 is 26.3 Å². The molecule has 0 unspecified atom stereocenters. The van der Waals surface area contributed by atoms with Crippen molar-refractivity contribution in [1.82, 2.24) is 5.32 Å². The summed E-state index contributed by atoms with van der Waals surface area (Å²) in [6, 6.07) is 5.74. The average molecular weight is 305 g/mol. The van der Waals surface area contributed by atoms with Crippen LogP contribution in [-0.2, 0) is 6.54 Å². The normalized spacial score (nSPS) is 13.0. The fraction of sp³-hybridized carbons (Fsp3) is 0.467. The third-order valence-electron chi connectivity index (χ3n) is 3.15. The zero-order chi connectivity index (χ0) is 15.8. The van der Waals surface area contributed by atoms with E-state index in [1.54, 1.807) is 0 Å². The van der Waals surface area contributed by atoms with Crippen molar-refractivity contribution in [3.05, 3.63) is 23.8 Å². The molecule has 1 aromatic rings. The van der Waals surface area contributed by atoms with E-state index < -0.39 is 0 Å². The molecule has 0 aromatic heterocycles. The summed E-state index contributed by atoms with van der Waals surface area (Å²) in [5, 5.41) is 3.16. The van der Waals surface area contributed by atoms with Gasteiger partial charge >= 0.3 is 0 Å². The number of fused-ring (bicyclic) bond motifs is 1. The maximum Gasteiger partial charge on any atom is 0.231 e. The summed E-state index contributed by atoms with van der Waals surface area (Å²) in [7, 11) is 0. The van der Waals surface area contributed by atoms with Crippen LogP contribution in [0.1, 0.15) is 31.7 Å². The third-order valence-corrected chi connectivity index (χ3v) is 3.15. The van der Waals surface area contributed by atoms with Crippen LogP contribution in [0.25, 0.3) is 0 Å². The van der Waals surface area contributed by atoms with Crippen LogP contribution in [0, 0.1) is 0 Å². The molecule has 2 rings (SSSR count). The van der Waals surface area contributed by atoms with Crippen LogP contribution in [-0.4, -0.2) is 25.3 Å². The Morgan fingerprint density at radius 3 is 2.82 bits per heavy atom. The van der Waals surface area contributed by atoms with Gasteiger partial charge in [-0.25, -0.2) is 4.99 Å². The van der Waals surface area contributed by atoms with Crippen LogP contribution in [0.3, 0.4) is 0 Å². The Balaban J connectivity index is 1.97. The first-order valence-corrected chi connectivity index (χ1v) is 7.45. The summed E-state index contributed by atoms with van der Waals surface area (Å²) < 4.78 is 10.6. The summed E-state index contributed by atoms with van der Waals surface area (Å²) in [4.78, 5) is 8.44. The molecule has 0 amide bonds. The van der Waals surface area contributed by atoms with Crippen molar-refractivity contribution in [3.63, 3.8) is 0 Å². The van der Waals surface area contributed by atoms with Gasteiger partial charge in [0.25, 0.3) is 0 Å². The van der Waals surface area contributed by atoms with Crippen LogP contribution >= 0.6 is 0 Å². The minimum atomic E-state index is -0.00701. The Labute approximate surface area is 130 Å². The van der Waals surface area contributed by atoms with Gasteiger partial charge in [-0.2, -0.15) is 4.99 Å². The molecule has 7 nitrogen and oxygen atoms in total. The number of rotatable bonds is 6. The number of guanidine groups is 2. The molecule has 1 heterocycles. The van der Waals surface area contributed by atoms with Gasteiger partial charge in [0.05, 0.1) is 6.54 Å². The minimum absolute atomic E-state index is 0.00701. The molecular formula is C15H23N5O2. The smallest absolute Gasteiger partial charge is 0.231 e. The number of benzene rings is 1. The van der Waals surface area contributed by atoms with Crippen LogP contribution in [0.4, 0.5) is 0 Å². The molecule has 1 aliphatic rings. The van der Waals surface area contributed by atoms with Gasteiger partial charge < -0.3 is 26.3 Å². The second-order valence-electron chi connectivity index (χ2n) is 5.00. The molecule has 0 saturated heterocycles. The number of aliphatic imine (C=N–C) groups is 2. The van der Waals surface area contributed by atoms with E-state index in [0.29, 0.717) is 12.5 Å². The van der Waals surface area contributed by atoms with E-state index in [4.69, 9.17) is 20.9 Å². The predicted molar refractivity (Wildman–Crippen MR) is 87.0 cm³/mol. The van der Waals surface area contributed by atoms with Crippen molar-refractivity contribution in [2.75, 3.05) is 13.3 Å². The van der Waals surface area contributed by atoms with Crippen molar-refractivity contribution in [2.45, 2.75) is 32.7 Å². The van der Waals surface area contributed by atoms with E-state index in [-0.39, 0.29) is 12.8 Å². The SMILES string of the molecule is CCCCCNC(N=C(N)N)=NCc1ccc2c(c1)OCO2. The summed E-state index contributed by atoms with van der Waals surface area (Å²) in [5.74, 6) is 1.95. The molecular weight excluding hydrogens is 282 g/mol. The first-order chi connectivity index (χ1) is 10.7. The highest BCUT2D eigenvalue weighted by Gasteiger charge is 2.12. The van der Waals surface area contributed by atoms with E-state index >= 15 is 0 Å². The topological polar surface area (TPSA) is 107 Å². The van der Waals surface area contributed by atoms with E-state index in [1.165, 1.54) is 0 Å². The standard InChI is InChI=1S/C15H23N5O2/c1-2-3-4-7-18-15(20-14(16)17)19-9-11-5-6-12-13(8-11)22-10-21-12/h5-6,8H,2-4,7,9-10H2,1H3,(H5,16,17,18,19,20). The average Bonchev–Trinajstić information content (AvgIpc) is 2.96. The van der Waals surface area contributed by atoms with E-state index in [2.05, 4.69) is 22.2 Å². The number of nitrogens with one attached hydrogen (secondary N) is 1. The zero-order valence-electron chi connectivity index (χ0n) is 12.8. The molecule has 0 bridgehead atoms. The van der Waals surface area contributed by atoms with Crippen molar-refractivity contribution in [2.24, 2.45) is 21.5 Å². The highest BCUT2D eigenvalue weighted by Crippen LogP contribution is 2.32. The Morgan fingerprint density at radius 2 is 2.05 bits per heavy atom. The molecule has 0 spiro atoms. The second kappa shape index (κ2) is 8.11. The number of nitrogens with two attached hydrogens (primary N) is 2.